The maximum atomic E-state index is 5.72. The van der Waals surface area contributed by atoms with Gasteiger partial charge in [0.25, 0.3) is 0 Å². The summed E-state index contributed by atoms with van der Waals surface area (Å²) >= 11 is 0. The molecule has 2 aliphatic rings. The van der Waals surface area contributed by atoms with Crippen molar-refractivity contribution in [3.63, 3.8) is 0 Å². The lowest BCUT2D eigenvalue weighted by Crippen LogP contribution is -2.47. The number of methoxy groups -OCH3 is 1. The zero-order valence-corrected chi connectivity index (χ0v) is 19.7. The molecule has 0 radical (unpaired) electrons. The van der Waals surface area contributed by atoms with Gasteiger partial charge in [-0.3, -0.25) is 4.99 Å². The van der Waals surface area contributed by atoms with Gasteiger partial charge in [0.1, 0.15) is 18.2 Å². The van der Waals surface area contributed by atoms with Gasteiger partial charge in [0.15, 0.2) is 11.8 Å². The Morgan fingerprint density at radius 3 is 3.10 bits per heavy atom. The van der Waals surface area contributed by atoms with Crippen LogP contribution in [0.25, 0.3) is 0 Å². The number of guanidine groups is 1. The average Bonchev–Trinajstić information content (AvgIpc) is 3.47. The van der Waals surface area contributed by atoms with E-state index in [1.807, 2.05) is 16.8 Å². The third-order valence-electron chi connectivity index (χ3n) is 5.24. The van der Waals surface area contributed by atoms with E-state index < -0.39 is 0 Å². The molecule has 9 nitrogen and oxygen atoms in total. The minimum absolute atomic E-state index is 0. The quantitative estimate of drug-likeness (QED) is 0.306. The summed E-state index contributed by atoms with van der Waals surface area (Å²) in [5.74, 6) is 3.55. The van der Waals surface area contributed by atoms with Crippen molar-refractivity contribution in [3.8, 4) is 0 Å². The lowest BCUT2D eigenvalue weighted by molar-refractivity contribution is 0.117. The van der Waals surface area contributed by atoms with Crippen LogP contribution < -0.4 is 10.6 Å². The van der Waals surface area contributed by atoms with Gasteiger partial charge < -0.3 is 24.5 Å². The van der Waals surface area contributed by atoms with Gasteiger partial charge in [-0.25, -0.2) is 9.67 Å². The topological polar surface area (TPSA) is 98.7 Å². The summed E-state index contributed by atoms with van der Waals surface area (Å²) < 4.78 is 18.3. The molecule has 166 valence electrons. The predicted octanol–water partition coefficient (Wildman–Crippen LogP) is 1.91. The van der Waals surface area contributed by atoms with Crippen LogP contribution in [0, 0.1) is 0 Å². The zero-order chi connectivity index (χ0) is 19.9. The Labute approximate surface area is 194 Å². The van der Waals surface area contributed by atoms with E-state index in [9.17, 15) is 0 Å². The summed E-state index contributed by atoms with van der Waals surface area (Å²) in [6, 6.07) is 4.15. The van der Waals surface area contributed by atoms with Crippen molar-refractivity contribution in [2.75, 3.05) is 26.8 Å². The molecule has 0 aromatic carbocycles. The van der Waals surface area contributed by atoms with E-state index in [2.05, 4.69) is 20.7 Å². The number of furan rings is 1. The number of ether oxygens (including phenoxy) is 2. The molecule has 2 unspecified atom stereocenters. The second-order valence-electron chi connectivity index (χ2n) is 7.52. The van der Waals surface area contributed by atoms with Gasteiger partial charge >= 0.3 is 0 Å². The Bertz CT molecular complexity index is 789. The molecular formula is C20H31IN6O3. The number of rotatable bonds is 8. The fourth-order valence-electron chi connectivity index (χ4n) is 3.75. The Morgan fingerprint density at radius 2 is 2.33 bits per heavy atom. The van der Waals surface area contributed by atoms with Crippen molar-refractivity contribution in [3.05, 3.63) is 35.8 Å². The molecule has 0 spiro atoms. The number of hydrogen-bond acceptors (Lipinski definition) is 6. The van der Waals surface area contributed by atoms with Crippen LogP contribution in [0.15, 0.2) is 27.8 Å². The number of aliphatic imine (C=N–C) groups is 1. The van der Waals surface area contributed by atoms with Crippen LogP contribution in [0.3, 0.4) is 0 Å². The molecule has 0 saturated carbocycles. The van der Waals surface area contributed by atoms with E-state index in [-0.39, 0.29) is 36.1 Å². The summed E-state index contributed by atoms with van der Waals surface area (Å²) in [6.07, 6.45) is 6.82. The third kappa shape index (κ3) is 6.42. The van der Waals surface area contributed by atoms with Gasteiger partial charge in [0, 0.05) is 39.1 Å². The second kappa shape index (κ2) is 11.7. The molecule has 2 aromatic heterocycles. The first-order valence-electron chi connectivity index (χ1n) is 10.4. The maximum absolute atomic E-state index is 5.72. The lowest BCUT2D eigenvalue weighted by Gasteiger charge is -2.25. The fraction of sp³-hybridized carbons (Fsp3) is 0.650. The Balaban J connectivity index is 0.00000256. The molecule has 0 aliphatic carbocycles. The molecular weight excluding hydrogens is 499 g/mol. The van der Waals surface area contributed by atoms with Gasteiger partial charge in [-0.2, -0.15) is 5.10 Å². The molecule has 0 bridgehead atoms. The van der Waals surface area contributed by atoms with Crippen LogP contribution >= 0.6 is 24.0 Å². The molecule has 30 heavy (non-hydrogen) atoms. The number of fused-ring (bicyclic) bond motifs is 1. The SMILES string of the molecule is COCc1nc2n(n1)CC(NC(=NCC1CCCO1)NCCc1ccco1)CC2.I. The normalized spacial score (nSPS) is 21.2. The van der Waals surface area contributed by atoms with Crippen LogP contribution in [0.1, 0.15) is 36.7 Å². The van der Waals surface area contributed by atoms with E-state index in [1.54, 1.807) is 13.4 Å². The number of nitrogens with zero attached hydrogens (tertiary/aromatic N) is 4. The second-order valence-corrected chi connectivity index (χ2v) is 7.52. The number of hydrogen-bond donors (Lipinski definition) is 2. The van der Waals surface area contributed by atoms with Gasteiger partial charge in [0.05, 0.1) is 25.5 Å². The van der Waals surface area contributed by atoms with Crippen LogP contribution in [-0.2, 0) is 35.5 Å². The van der Waals surface area contributed by atoms with Crippen LogP contribution in [0.2, 0.25) is 0 Å². The summed E-state index contributed by atoms with van der Waals surface area (Å²) in [6.45, 7) is 3.49. The standard InChI is InChI=1S/C20H30N6O3.HI/c1-27-14-18-24-19-7-6-15(13-26(19)25-18)23-20(22-12-17-5-3-11-29-17)21-9-8-16-4-2-10-28-16;/h2,4,10,15,17H,3,5-9,11-14H2,1H3,(H2,21,22,23);1H. The van der Waals surface area contributed by atoms with Crippen molar-refractivity contribution in [2.45, 2.75) is 57.4 Å². The monoisotopic (exact) mass is 530 g/mol. The maximum Gasteiger partial charge on any atom is 0.191 e. The molecule has 0 amide bonds. The summed E-state index contributed by atoms with van der Waals surface area (Å²) in [7, 11) is 1.66. The third-order valence-corrected chi connectivity index (χ3v) is 5.24. The van der Waals surface area contributed by atoms with Crippen molar-refractivity contribution in [2.24, 2.45) is 4.99 Å². The van der Waals surface area contributed by atoms with E-state index >= 15 is 0 Å². The van der Waals surface area contributed by atoms with Gasteiger partial charge in [-0.05, 0) is 31.4 Å². The summed E-state index contributed by atoms with van der Waals surface area (Å²) in [5, 5.41) is 11.6. The zero-order valence-electron chi connectivity index (χ0n) is 17.4. The minimum Gasteiger partial charge on any atom is -0.469 e. The molecule has 2 aromatic rings. The first kappa shape index (κ1) is 23.0. The molecule has 10 heteroatoms. The van der Waals surface area contributed by atoms with E-state index in [4.69, 9.17) is 18.9 Å². The Hall–Kier alpha value is -1.66. The first-order valence-corrected chi connectivity index (χ1v) is 10.4. The largest absolute Gasteiger partial charge is 0.469 e. The van der Waals surface area contributed by atoms with Crippen molar-refractivity contribution < 1.29 is 13.9 Å². The van der Waals surface area contributed by atoms with Gasteiger partial charge in [0.2, 0.25) is 0 Å². The Morgan fingerprint density at radius 1 is 1.40 bits per heavy atom. The number of nitrogens with one attached hydrogen (secondary N) is 2. The van der Waals surface area contributed by atoms with Crippen molar-refractivity contribution >= 4 is 29.9 Å². The smallest absolute Gasteiger partial charge is 0.191 e. The molecule has 2 aliphatic heterocycles. The molecule has 4 heterocycles. The van der Waals surface area contributed by atoms with Gasteiger partial charge in [-0.1, -0.05) is 0 Å². The molecule has 4 rings (SSSR count). The van der Waals surface area contributed by atoms with E-state index in [0.717, 1.165) is 75.2 Å². The molecule has 2 atom stereocenters. The molecule has 2 N–H and O–H groups in total. The fourth-order valence-corrected chi connectivity index (χ4v) is 3.75. The highest BCUT2D eigenvalue weighted by molar-refractivity contribution is 14.0. The highest BCUT2D eigenvalue weighted by Gasteiger charge is 2.23. The van der Waals surface area contributed by atoms with E-state index in [0.29, 0.717) is 13.2 Å². The highest BCUT2D eigenvalue weighted by Crippen LogP contribution is 2.14. The van der Waals surface area contributed by atoms with Gasteiger partial charge in [-0.15, -0.1) is 24.0 Å². The highest BCUT2D eigenvalue weighted by atomic mass is 127. The summed E-state index contributed by atoms with van der Waals surface area (Å²) in [4.78, 5) is 9.33. The van der Waals surface area contributed by atoms with E-state index in [1.165, 1.54) is 0 Å². The number of halogens is 1. The molecule has 1 saturated heterocycles. The minimum atomic E-state index is 0. The van der Waals surface area contributed by atoms with Crippen LogP contribution in [0.4, 0.5) is 0 Å². The number of aryl methyl sites for hydroxylation is 1. The average molecular weight is 530 g/mol. The van der Waals surface area contributed by atoms with Crippen LogP contribution in [-0.4, -0.2) is 59.7 Å². The Kier molecular flexibility index (Phi) is 8.94. The molecule has 1 fully saturated rings. The number of aromatic nitrogens is 3. The van der Waals surface area contributed by atoms with Crippen molar-refractivity contribution in [1.29, 1.82) is 0 Å². The lowest BCUT2D eigenvalue weighted by atomic mass is 10.1. The summed E-state index contributed by atoms with van der Waals surface area (Å²) in [5.41, 5.74) is 0. The predicted molar refractivity (Wildman–Crippen MR) is 123 cm³/mol. The first-order chi connectivity index (χ1) is 14.3. The van der Waals surface area contributed by atoms with Crippen molar-refractivity contribution in [1.82, 2.24) is 25.4 Å². The van der Waals surface area contributed by atoms with Crippen LogP contribution in [0.5, 0.6) is 0 Å².